The highest BCUT2D eigenvalue weighted by Gasteiger charge is 2.24. The van der Waals surface area contributed by atoms with Crippen molar-refractivity contribution in [2.75, 3.05) is 0 Å². The number of aryl methyl sites for hydroxylation is 2. The number of aliphatic hydroxyl groups is 1. The lowest BCUT2D eigenvalue weighted by atomic mass is 9.87. The van der Waals surface area contributed by atoms with Gasteiger partial charge in [0, 0.05) is 6.42 Å². The standard InChI is InChI=1S/C17H18F2O/c1-11-4-6-14(8-12(11)2)17(3,20)10-13-5-7-15(18)16(19)9-13/h4-9,20H,10H2,1-3H3. The summed E-state index contributed by atoms with van der Waals surface area (Å²) in [5, 5.41) is 10.6. The number of benzene rings is 2. The van der Waals surface area contributed by atoms with Crippen LogP contribution in [0.2, 0.25) is 0 Å². The Balaban J connectivity index is 2.29. The molecule has 0 saturated heterocycles. The Labute approximate surface area is 117 Å². The minimum absolute atomic E-state index is 0.229. The summed E-state index contributed by atoms with van der Waals surface area (Å²) in [6, 6.07) is 9.45. The summed E-state index contributed by atoms with van der Waals surface area (Å²) >= 11 is 0. The van der Waals surface area contributed by atoms with Gasteiger partial charge in [-0.05, 0) is 55.2 Å². The molecule has 0 radical (unpaired) electrons. The Kier molecular flexibility index (Phi) is 3.91. The van der Waals surface area contributed by atoms with E-state index in [1.165, 1.54) is 6.07 Å². The van der Waals surface area contributed by atoms with Crippen LogP contribution in [-0.2, 0) is 12.0 Å². The van der Waals surface area contributed by atoms with E-state index in [1.54, 1.807) is 6.92 Å². The molecule has 20 heavy (non-hydrogen) atoms. The van der Waals surface area contributed by atoms with Gasteiger partial charge in [0.15, 0.2) is 11.6 Å². The molecule has 2 rings (SSSR count). The molecule has 2 aromatic rings. The maximum absolute atomic E-state index is 13.2. The van der Waals surface area contributed by atoms with E-state index in [0.717, 1.165) is 28.8 Å². The van der Waals surface area contributed by atoms with E-state index < -0.39 is 17.2 Å². The summed E-state index contributed by atoms with van der Waals surface area (Å²) in [7, 11) is 0. The zero-order valence-corrected chi connectivity index (χ0v) is 11.9. The monoisotopic (exact) mass is 276 g/mol. The Morgan fingerprint density at radius 3 is 2.25 bits per heavy atom. The van der Waals surface area contributed by atoms with Crippen molar-refractivity contribution in [1.82, 2.24) is 0 Å². The fraction of sp³-hybridized carbons (Fsp3) is 0.294. The summed E-state index contributed by atoms with van der Waals surface area (Å²) in [6.45, 7) is 5.66. The molecular weight excluding hydrogens is 258 g/mol. The molecule has 106 valence electrons. The molecule has 3 heteroatoms. The van der Waals surface area contributed by atoms with Gasteiger partial charge in [-0.25, -0.2) is 8.78 Å². The molecule has 0 spiro atoms. The summed E-state index contributed by atoms with van der Waals surface area (Å²) in [5.41, 5.74) is 2.45. The van der Waals surface area contributed by atoms with Crippen molar-refractivity contribution < 1.29 is 13.9 Å². The van der Waals surface area contributed by atoms with Gasteiger partial charge in [0.2, 0.25) is 0 Å². The van der Waals surface area contributed by atoms with E-state index in [9.17, 15) is 13.9 Å². The predicted octanol–water partition coefficient (Wildman–Crippen LogP) is 4.03. The van der Waals surface area contributed by atoms with Crippen LogP contribution in [0.25, 0.3) is 0 Å². The molecule has 0 aromatic heterocycles. The highest BCUT2D eigenvalue weighted by Crippen LogP contribution is 2.27. The molecule has 0 aliphatic rings. The Bertz CT molecular complexity index is 633. The van der Waals surface area contributed by atoms with Crippen molar-refractivity contribution in [3.05, 3.63) is 70.3 Å². The largest absolute Gasteiger partial charge is 0.385 e. The molecule has 0 saturated carbocycles. The van der Waals surface area contributed by atoms with Gasteiger partial charge < -0.3 is 5.11 Å². The first-order chi connectivity index (χ1) is 9.29. The van der Waals surface area contributed by atoms with Crippen molar-refractivity contribution in [2.24, 2.45) is 0 Å². The van der Waals surface area contributed by atoms with Crippen LogP contribution in [0.1, 0.15) is 29.2 Å². The smallest absolute Gasteiger partial charge is 0.159 e. The lowest BCUT2D eigenvalue weighted by Gasteiger charge is -2.25. The van der Waals surface area contributed by atoms with E-state index in [1.807, 2.05) is 32.0 Å². The first kappa shape index (κ1) is 14.7. The van der Waals surface area contributed by atoms with E-state index in [4.69, 9.17) is 0 Å². The van der Waals surface area contributed by atoms with Crippen LogP contribution in [-0.4, -0.2) is 5.11 Å². The van der Waals surface area contributed by atoms with Crippen LogP contribution in [0.4, 0.5) is 8.78 Å². The quantitative estimate of drug-likeness (QED) is 0.897. The third-order valence-electron chi connectivity index (χ3n) is 3.66. The van der Waals surface area contributed by atoms with Gasteiger partial charge in [-0.15, -0.1) is 0 Å². The zero-order valence-electron chi connectivity index (χ0n) is 11.9. The second-order valence-electron chi connectivity index (χ2n) is 5.50. The van der Waals surface area contributed by atoms with E-state index in [2.05, 4.69) is 0 Å². The van der Waals surface area contributed by atoms with Gasteiger partial charge in [-0.3, -0.25) is 0 Å². The van der Waals surface area contributed by atoms with E-state index in [0.29, 0.717) is 5.56 Å². The molecule has 1 unspecified atom stereocenters. The lowest BCUT2D eigenvalue weighted by Crippen LogP contribution is -2.24. The van der Waals surface area contributed by atoms with Gasteiger partial charge in [0.1, 0.15) is 0 Å². The number of rotatable bonds is 3. The molecule has 0 heterocycles. The number of hydrogen-bond donors (Lipinski definition) is 1. The Hall–Kier alpha value is -1.74. The summed E-state index contributed by atoms with van der Waals surface area (Å²) in [4.78, 5) is 0. The second-order valence-corrected chi connectivity index (χ2v) is 5.50. The zero-order chi connectivity index (χ0) is 14.9. The molecule has 1 atom stereocenters. The fourth-order valence-corrected chi connectivity index (χ4v) is 2.23. The van der Waals surface area contributed by atoms with Crippen molar-refractivity contribution >= 4 is 0 Å². The average molecular weight is 276 g/mol. The molecule has 0 bridgehead atoms. The topological polar surface area (TPSA) is 20.2 Å². The third-order valence-corrected chi connectivity index (χ3v) is 3.66. The molecular formula is C17H18F2O. The first-order valence-corrected chi connectivity index (χ1v) is 6.53. The molecule has 1 nitrogen and oxygen atoms in total. The normalized spacial score (nSPS) is 14.1. The Morgan fingerprint density at radius 2 is 1.65 bits per heavy atom. The molecule has 0 aliphatic heterocycles. The van der Waals surface area contributed by atoms with Crippen molar-refractivity contribution in [1.29, 1.82) is 0 Å². The average Bonchev–Trinajstić information content (AvgIpc) is 2.37. The molecule has 1 N–H and O–H groups in total. The highest BCUT2D eigenvalue weighted by molar-refractivity contribution is 5.34. The third kappa shape index (κ3) is 3.05. The second kappa shape index (κ2) is 5.33. The van der Waals surface area contributed by atoms with Crippen molar-refractivity contribution in [3.63, 3.8) is 0 Å². The maximum atomic E-state index is 13.2. The SMILES string of the molecule is Cc1ccc(C(C)(O)Cc2ccc(F)c(F)c2)cc1C. The van der Waals surface area contributed by atoms with Crippen LogP contribution in [0.15, 0.2) is 36.4 Å². The number of halogens is 2. The molecule has 0 amide bonds. The highest BCUT2D eigenvalue weighted by atomic mass is 19.2. The van der Waals surface area contributed by atoms with Gasteiger partial charge >= 0.3 is 0 Å². The van der Waals surface area contributed by atoms with Gasteiger partial charge in [0.05, 0.1) is 5.60 Å². The van der Waals surface area contributed by atoms with Gasteiger partial charge in [0.25, 0.3) is 0 Å². The van der Waals surface area contributed by atoms with Crippen LogP contribution in [0.5, 0.6) is 0 Å². The van der Waals surface area contributed by atoms with Crippen molar-refractivity contribution in [3.8, 4) is 0 Å². The summed E-state index contributed by atoms with van der Waals surface area (Å²) < 4.78 is 26.1. The summed E-state index contributed by atoms with van der Waals surface area (Å²) in [6.07, 6.45) is 0.229. The van der Waals surface area contributed by atoms with Crippen LogP contribution < -0.4 is 0 Å². The van der Waals surface area contributed by atoms with Crippen LogP contribution in [0.3, 0.4) is 0 Å². The minimum atomic E-state index is -1.12. The van der Waals surface area contributed by atoms with Gasteiger partial charge in [-0.1, -0.05) is 24.3 Å². The molecule has 0 fully saturated rings. The number of hydrogen-bond acceptors (Lipinski definition) is 1. The van der Waals surface area contributed by atoms with Crippen LogP contribution >= 0.6 is 0 Å². The van der Waals surface area contributed by atoms with Crippen molar-refractivity contribution in [2.45, 2.75) is 32.8 Å². The van der Waals surface area contributed by atoms with Crippen LogP contribution in [0, 0.1) is 25.5 Å². The minimum Gasteiger partial charge on any atom is -0.385 e. The lowest BCUT2D eigenvalue weighted by molar-refractivity contribution is 0.0574. The van der Waals surface area contributed by atoms with E-state index >= 15 is 0 Å². The fourth-order valence-electron chi connectivity index (χ4n) is 2.23. The molecule has 2 aromatic carbocycles. The summed E-state index contributed by atoms with van der Waals surface area (Å²) in [5.74, 6) is -1.77. The first-order valence-electron chi connectivity index (χ1n) is 6.53. The predicted molar refractivity (Wildman–Crippen MR) is 75.5 cm³/mol. The molecule has 0 aliphatic carbocycles. The van der Waals surface area contributed by atoms with Gasteiger partial charge in [-0.2, -0.15) is 0 Å². The van der Waals surface area contributed by atoms with E-state index in [-0.39, 0.29) is 6.42 Å². The Morgan fingerprint density at radius 1 is 0.950 bits per heavy atom. The maximum Gasteiger partial charge on any atom is 0.159 e.